The number of ether oxygens (including phenoxy) is 1. The lowest BCUT2D eigenvalue weighted by molar-refractivity contribution is 0.180. The molecule has 0 saturated carbocycles. The van der Waals surface area contributed by atoms with Crippen molar-refractivity contribution in [3.05, 3.63) is 63.9 Å². The first kappa shape index (κ1) is 15.5. The summed E-state index contributed by atoms with van der Waals surface area (Å²) >= 11 is 3.37. The molecule has 0 aliphatic carbocycles. The summed E-state index contributed by atoms with van der Waals surface area (Å²) in [5.74, 6) is -0.258. The highest BCUT2D eigenvalue weighted by atomic mass is 79.9. The number of nitriles is 1. The zero-order chi connectivity index (χ0) is 15.4. The second kappa shape index (κ2) is 6.70. The van der Waals surface area contributed by atoms with E-state index >= 15 is 0 Å². The summed E-state index contributed by atoms with van der Waals surface area (Å²) in [6.07, 6.45) is -0.398. The minimum atomic E-state index is -0.603. The van der Waals surface area contributed by atoms with E-state index in [0.717, 1.165) is 10.0 Å². The monoisotopic (exact) mass is 348 g/mol. The van der Waals surface area contributed by atoms with Crippen LogP contribution in [0.3, 0.4) is 0 Å². The Bertz CT molecular complexity index is 665. The lowest BCUT2D eigenvalue weighted by atomic mass is 10.0. The number of hydrogen-bond donors (Lipinski definition) is 1. The van der Waals surface area contributed by atoms with E-state index in [1.54, 1.807) is 12.1 Å². The van der Waals surface area contributed by atoms with Crippen molar-refractivity contribution in [2.45, 2.75) is 19.1 Å². The van der Waals surface area contributed by atoms with E-state index in [-0.39, 0.29) is 11.6 Å². The number of nitrogens with two attached hydrogens (primary N) is 1. The van der Waals surface area contributed by atoms with Crippen LogP contribution in [0.1, 0.15) is 24.2 Å². The predicted octanol–water partition coefficient (Wildman–Crippen LogP) is 3.93. The van der Waals surface area contributed by atoms with Gasteiger partial charge in [-0.2, -0.15) is 5.26 Å². The second-order valence-corrected chi connectivity index (χ2v) is 5.62. The molecule has 2 atom stereocenters. The molecule has 0 spiro atoms. The van der Waals surface area contributed by atoms with Gasteiger partial charge in [-0.05, 0) is 36.8 Å². The summed E-state index contributed by atoms with van der Waals surface area (Å²) in [5, 5.41) is 8.73. The fourth-order valence-electron chi connectivity index (χ4n) is 1.94. The van der Waals surface area contributed by atoms with Gasteiger partial charge in [-0.15, -0.1) is 0 Å². The van der Waals surface area contributed by atoms with Crippen LogP contribution < -0.4 is 10.5 Å². The lowest BCUT2D eigenvalue weighted by Gasteiger charge is -2.23. The molecule has 0 amide bonds. The van der Waals surface area contributed by atoms with Crippen molar-refractivity contribution in [2.75, 3.05) is 0 Å². The van der Waals surface area contributed by atoms with Gasteiger partial charge in [0.05, 0.1) is 5.56 Å². The van der Waals surface area contributed by atoms with Crippen LogP contribution >= 0.6 is 15.9 Å². The number of nitrogens with zero attached hydrogens (tertiary/aromatic N) is 1. The van der Waals surface area contributed by atoms with Crippen molar-refractivity contribution in [3.63, 3.8) is 0 Å². The zero-order valence-corrected chi connectivity index (χ0v) is 13.0. The molecule has 0 heterocycles. The molecule has 5 heteroatoms. The van der Waals surface area contributed by atoms with Crippen LogP contribution in [0.5, 0.6) is 5.75 Å². The average molecular weight is 349 g/mol. The van der Waals surface area contributed by atoms with Crippen LogP contribution in [0.15, 0.2) is 46.9 Å². The van der Waals surface area contributed by atoms with E-state index in [0.29, 0.717) is 5.75 Å². The fraction of sp³-hybridized carbons (Fsp3) is 0.188. The standard InChI is InChI=1S/C16H14BrFN2O/c1-10(20)16(11-2-5-13(17)6-3-11)21-14-7-4-12(9-19)15(18)8-14/h2-8,10,16H,20H2,1H3. The largest absolute Gasteiger partial charge is 0.484 e. The summed E-state index contributed by atoms with van der Waals surface area (Å²) in [6.45, 7) is 1.83. The van der Waals surface area contributed by atoms with Crippen molar-refractivity contribution in [1.29, 1.82) is 5.26 Å². The minimum absolute atomic E-state index is 0.0108. The lowest BCUT2D eigenvalue weighted by Crippen LogP contribution is -2.29. The van der Waals surface area contributed by atoms with Gasteiger partial charge < -0.3 is 10.5 Å². The number of rotatable bonds is 4. The molecule has 3 nitrogen and oxygen atoms in total. The van der Waals surface area contributed by atoms with E-state index in [2.05, 4.69) is 15.9 Å². The van der Waals surface area contributed by atoms with Gasteiger partial charge in [-0.1, -0.05) is 28.1 Å². The summed E-state index contributed by atoms with van der Waals surface area (Å²) in [5.41, 5.74) is 6.86. The molecule has 108 valence electrons. The Kier molecular flexibility index (Phi) is 4.94. The van der Waals surface area contributed by atoms with Gasteiger partial charge in [-0.3, -0.25) is 0 Å². The van der Waals surface area contributed by atoms with Gasteiger partial charge in [-0.25, -0.2) is 4.39 Å². The van der Waals surface area contributed by atoms with Crippen LogP contribution in [0.2, 0.25) is 0 Å². The van der Waals surface area contributed by atoms with Crippen molar-refractivity contribution < 1.29 is 9.13 Å². The van der Waals surface area contributed by atoms with Gasteiger partial charge in [0, 0.05) is 16.6 Å². The molecule has 2 N–H and O–H groups in total. The van der Waals surface area contributed by atoms with Gasteiger partial charge >= 0.3 is 0 Å². The Morgan fingerprint density at radius 2 is 1.90 bits per heavy atom. The highest BCUT2D eigenvalue weighted by molar-refractivity contribution is 9.10. The van der Waals surface area contributed by atoms with E-state index in [4.69, 9.17) is 15.7 Å². The van der Waals surface area contributed by atoms with Crippen LogP contribution in [0.25, 0.3) is 0 Å². The minimum Gasteiger partial charge on any atom is -0.484 e. The molecule has 2 unspecified atom stereocenters. The summed E-state index contributed by atoms with van der Waals surface area (Å²) in [6, 6.07) is 13.3. The molecule has 0 aliphatic heterocycles. The molecule has 0 saturated heterocycles. The summed E-state index contributed by atoms with van der Waals surface area (Å²) < 4.78 is 20.4. The molecule has 21 heavy (non-hydrogen) atoms. The molecule has 0 aromatic heterocycles. The first-order chi connectivity index (χ1) is 10.0. The summed E-state index contributed by atoms with van der Waals surface area (Å²) in [7, 11) is 0. The van der Waals surface area contributed by atoms with Crippen LogP contribution in [-0.4, -0.2) is 6.04 Å². The second-order valence-electron chi connectivity index (χ2n) is 4.70. The van der Waals surface area contributed by atoms with Crippen LogP contribution in [0, 0.1) is 17.1 Å². The number of hydrogen-bond acceptors (Lipinski definition) is 3. The van der Waals surface area contributed by atoms with Gasteiger partial charge in [0.2, 0.25) is 0 Å². The first-order valence-electron chi connectivity index (χ1n) is 6.38. The molecular weight excluding hydrogens is 335 g/mol. The topological polar surface area (TPSA) is 59.0 Å². The van der Waals surface area contributed by atoms with E-state index in [1.807, 2.05) is 31.2 Å². The fourth-order valence-corrected chi connectivity index (χ4v) is 2.20. The van der Waals surface area contributed by atoms with E-state index in [9.17, 15) is 4.39 Å². The smallest absolute Gasteiger partial charge is 0.144 e. The third-order valence-corrected chi connectivity index (χ3v) is 3.53. The Balaban J connectivity index is 2.27. The Hall–Kier alpha value is -1.90. The SMILES string of the molecule is CC(N)C(Oc1ccc(C#N)c(F)c1)c1ccc(Br)cc1. The van der Waals surface area contributed by atoms with Crippen molar-refractivity contribution in [3.8, 4) is 11.8 Å². The maximum atomic E-state index is 13.6. The van der Waals surface area contributed by atoms with Crippen molar-refractivity contribution in [2.24, 2.45) is 5.73 Å². The Morgan fingerprint density at radius 1 is 1.24 bits per heavy atom. The molecule has 0 aliphatic rings. The number of benzene rings is 2. The molecule has 0 bridgehead atoms. The maximum Gasteiger partial charge on any atom is 0.144 e. The third-order valence-electron chi connectivity index (χ3n) is 3.00. The van der Waals surface area contributed by atoms with Crippen LogP contribution in [0.4, 0.5) is 4.39 Å². The predicted molar refractivity (Wildman–Crippen MR) is 82.3 cm³/mol. The summed E-state index contributed by atoms with van der Waals surface area (Å²) in [4.78, 5) is 0. The molecule has 0 fully saturated rings. The Labute approximate surface area is 131 Å². The number of halogens is 2. The van der Waals surface area contributed by atoms with Crippen molar-refractivity contribution in [1.82, 2.24) is 0 Å². The van der Waals surface area contributed by atoms with Crippen molar-refractivity contribution >= 4 is 15.9 Å². The zero-order valence-electron chi connectivity index (χ0n) is 11.4. The molecule has 2 aromatic carbocycles. The molecular formula is C16H14BrFN2O. The van der Waals surface area contributed by atoms with Gasteiger partial charge in [0.15, 0.2) is 0 Å². The molecule has 2 aromatic rings. The normalized spacial score (nSPS) is 13.3. The highest BCUT2D eigenvalue weighted by Gasteiger charge is 2.19. The quantitative estimate of drug-likeness (QED) is 0.910. The first-order valence-corrected chi connectivity index (χ1v) is 7.18. The van der Waals surface area contributed by atoms with Crippen LogP contribution in [-0.2, 0) is 0 Å². The highest BCUT2D eigenvalue weighted by Crippen LogP contribution is 2.26. The van der Waals surface area contributed by atoms with Gasteiger partial charge in [0.25, 0.3) is 0 Å². The maximum absolute atomic E-state index is 13.6. The Morgan fingerprint density at radius 3 is 2.43 bits per heavy atom. The van der Waals surface area contributed by atoms with E-state index in [1.165, 1.54) is 12.1 Å². The molecule has 0 radical (unpaired) electrons. The molecule has 2 rings (SSSR count). The average Bonchev–Trinajstić information content (AvgIpc) is 2.46. The third kappa shape index (κ3) is 3.81. The van der Waals surface area contributed by atoms with E-state index < -0.39 is 11.9 Å². The van der Waals surface area contributed by atoms with Gasteiger partial charge in [0.1, 0.15) is 23.7 Å².